The largest absolute Gasteiger partial charge is 0.392 e. The highest BCUT2D eigenvalue weighted by molar-refractivity contribution is 7.80. The molecule has 1 heterocycles. The number of benzene rings is 1. The Morgan fingerprint density at radius 1 is 1.44 bits per heavy atom. The summed E-state index contributed by atoms with van der Waals surface area (Å²) in [4.78, 5) is 2.69. The first kappa shape index (κ1) is 13.4. The molecule has 18 heavy (non-hydrogen) atoms. The summed E-state index contributed by atoms with van der Waals surface area (Å²) in [6, 6.07) is 4.99. The maximum atomic E-state index is 13.3. The molecule has 1 aromatic carbocycles. The molecule has 3 nitrogen and oxygen atoms in total. The molecule has 0 amide bonds. The number of nitrogens with two attached hydrogens (primary N) is 1. The van der Waals surface area contributed by atoms with Gasteiger partial charge in [-0.3, -0.25) is 4.90 Å². The van der Waals surface area contributed by atoms with E-state index in [9.17, 15) is 4.39 Å². The third-order valence-corrected chi connectivity index (χ3v) is 3.51. The highest BCUT2D eigenvalue weighted by Crippen LogP contribution is 2.23. The van der Waals surface area contributed by atoms with Crippen LogP contribution < -0.4 is 11.1 Å². The molecular weight excluding hydrogens is 249 g/mol. The molecule has 1 aliphatic rings. The Balaban J connectivity index is 2.28. The maximum absolute atomic E-state index is 13.3. The zero-order chi connectivity index (χ0) is 13.1. The standard InChI is InChI=1S/C13H18FN3S/c1-9-8-10(2-3-11(9)14)12(13(15)18)17-6-4-16-5-7-17/h2-3,8,12,16H,4-7H2,1H3,(H2,15,18). The van der Waals surface area contributed by atoms with E-state index in [1.165, 1.54) is 6.07 Å². The summed E-state index contributed by atoms with van der Waals surface area (Å²) in [5.74, 6) is -0.194. The molecule has 1 unspecified atom stereocenters. The summed E-state index contributed by atoms with van der Waals surface area (Å²) < 4.78 is 13.3. The SMILES string of the molecule is Cc1cc(C(C(N)=S)N2CCNCC2)ccc1F. The Bertz CT molecular complexity index is 444. The monoisotopic (exact) mass is 267 g/mol. The fourth-order valence-corrected chi connectivity index (χ4v) is 2.62. The molecular formula is C13H18FN3S. The van der Waals surface area contributed by atoms with E-state index >= 15 is 0 Å². The first-order valence-corrected chi connectivity index (χ1v) is 6.50. The predicted molar refractivity (Wildman–Crippen MR) is 75.1 cm³/mol. The van der Waals surface area contributed by atoms with E-state index in [2.05, 4.69) is 10.2 Å². The highest BCUT2D eigenvalue weighted by atomic mass is 32.1. The van der Waals surface area contributed by atoms with Crippen molar-refractivity contribution in [3.63, 3.8) is 0 Å². The Morgan fingerprint density at radius 2 is 2.11 bits per heavy atom. The zero-order valence-electron chi connectivity index (χ0n) is 10.4. The predicted octanol–water partition coefficient (Wildman–Crippen LogP) is 1.37. The van der Waals surface area contributed by atoms with Gasteiger partial charge in [0.25, 0.3) is 0 Å². The number of hydrogen-bond acceptors (Lipinski definition) is 3. The quantitative estimate of drug-likeness (QED) is 0.812. The van der Waals surface area contributed by atoms with Crippen LogP contribution in [-0.4, -0.2) is 36.1 Å². The lowest BCUT2D eigenvalue weighted by molar-refractivity contribution is 0.215. The third-order valence-electron chi connectivity index (χ3n) is 3.28. The molecule has 1 fully saturated rings. The summed E-state index contributed by atoms with van der Waals surface area (Å²) in [6.45, 7) is 5.42. The van der Waals surface area contributed by atoms with Crippen LogP contribution in [0.15, 0.2) is 18.2 Å². The maximum Gasteiger partial charge on any atom is 0.126 e. The molecule has 0 radical (unpaired) electrons. The number of nitrogens with one attached hydrogen (secondary N) is 1. The van der Waals surface area contributed by atoms with E-state index in [0.717, 1.165) is 31.7 Å². The van der Waals surface area contributed by atoms with Crippen LogP contribution in [0.25, 0.3) is 0 Å². The minimum Gasteiger partial charge on any atom is -0.392 e. The van der Waals surface area contributed by atoms with E-state index in [1.54, 1.807) is 13.0 Å². The van der Waals surface area contributed by atoms with Gasteiger partial charge in [-0.2, -0.15) is 0 Å². The summed E-state index contributed by atoms with van der Waals surface area (Å²) >= 11 is 5.18. The van der Waals surface area contributed by atoms with Crippen molar-refractivity contribution >= 4 is 17.2 Å². The van der Waals surface area contributed by atoms with Gasteiger partial charge in [-0.1, -0.05) is 24.4 Å². The molecule has 1 saturated heterocycles. The Kier molecular flexibility index (Phi) is 4.27. The van der Waals surface area contributed by atoms with Crippen molar-refractivity contribution in [2.45, 2.75) is 13.0 Å². The van der Waals surface area contributed by atoms with E-state index in [0.29, 0.717) is 10.6 Å². The summed E-state index contributed by atoms with van der Waals surface area (Å²) in [5, 5.41) is 3.29. The second-order valence-corrected chi connectivity index (χ2v) is 5.07. The van der Waals surface area contributed by atoms with Crippen LogP contribution in [0.1, 0.15) is 17.2 Å². The van der Waals surface area contributed by atoms with Gasteiger partial charge in [0.1, 0.15) is 5.82 Å². The Morgan fingerprint density at radius 3 is 2.67 bits per heavy atom. The van der Waals surface area contributed by atoms with Crippen molar-refractivity contribution in [2.75, 3.05) is 26.2 Å². The number of nitrogens with zero attached hydrogens (tertiary/aromatic N) is 1. The molecule has 3 N–H and O–H groups in total. The van der Waals surface area contributed by atoms with Crippen LogP contribution >= 0.6 is 12.2 Å². The van der Waals surface area contributed by atoms with Gasteiger partial charge in [0.15, 0.2) is 0 Å². The molecule has 0 saturated carbocycles. The number of piperazine rings is 1. The Labute approximate surface area is 112 Å². The second kappa shape index (κ2) is 5.73. The van der Waals surface area contributed by atoms with Gasteiger partial charge in [-0.05, 0) is 24.1 Å². The third kappa shape index (κ3) is 2.85. The van der Waals surface area contributed by atoms with Crippen LogP contribution in [0.5, 0.6) is 0 Å². The first-order chi connectivity index (χ1) is 8.59. The van der Waals surface area contributed by atoms with Gasteiger partial charge in [0.05, 0.1) is 11.0 Å². The molecule has 5 heteroatoms. The average molecular weight is 267 g/mol. The molecule has 98 valence electrons. The lowest BCUT2D eigenvalue weighted by Crippen LogP contribution is -2.48. The Hall–Kier alpha value is -1.04. The summed E-state index contributed by atoms with van der Waals surface area (Å²) in [6.07, 6.45) is 0. The number of halogens is 1. The fourth-order valence-electron chi connectivity index (χ4n) is 2.33. The van der Waals surface area contributed by atoms with Crippen molar-refractivity contribution in [1.29, 1.82) is 0 Å². The minimum atomic E-state index is -0.194. The van der Waals surface area contributed by atoms with Crippen LogP contribution in [0.4, 0.5) is 4.39 Å². The van der Waals surface area contributed by atoms with Crippen molar-refractivity contribution in [1.82, 2.24) is 10.2 Å². The molecule has 1 aliphatic heterocycles. The van der Waals surface area contributed by atoms with Crippen molar-refractivity contribution in [2.24, 2.45) is 5.73 Å². The number of hydrogen-bond donors (Lipinski definition) is 2. The molecule has 0 aliphatic carbocycles. The van der Waals surface area contributed by atoms with Crippen LogP contribution in [0.3, 0.4) is 0 Å². The molecule has 2 rings (SSSR count). The number of rotatable bonds is 3. The summed E-state index contributed by atoms with van der Waals surface area (Å²) in [7, 11) is 0. The van der Waals surface area contributed by atoms with Gasteiger partial charge in [0, 0.05) is 26.2 Å². The van der Waals surface area contributed by atoms with Crippen LogP contribution in [-0.2, 0) is 0 Å². The molecule has 0 spiro atoms. The number of aryl methyl sites for hydroxylation is 1. The van der Waals surface area contributed by atoms with Crippen molar-refractivity contribution < 1.29 is 4.39 Å². The van der Waals surface area contributed by atoms with Crippen molar-refractivity contribution in [3.05, 3.63) is 35.1 Å². The second-order valence-electron chi connectivity index (χ2n) is 4.60. The molecule has 0 bridgehead atoms. The summed E-state index contributed by atoms with van der Waals surface area (Å²) in [5.41, 5.74) is 7.47. The topological polar surface area (TPSA) is 41.3 Å². The lowest BCUT2D eigenvalue weighted by Gasteiger charge is -2.34. The number of thiocarbonyl (C=S) groups is 1. The van der Waals surface area contributed by atoms with Gasteiger partial charge in [0.2, 0.25) is 0 Å². The lowest BCUT2D eigenvalue weighted by atomic mass is 10.0. The van der Waals surface area contributed by atoms with Crippen LogP contribution in [0.2, 0.25) is 0 Å². The van der Waals surface area contributed by atoms with E-state index in [1.807, 2.05) is 6.07 Å². The van der Waals surface area contributed by atoms with Gasteiger partial charge >= 0.3 is 0 Å². The smallest absolute Gasteiger partial charge is 0.126 e. The van der Waals surface area contributed by atoms with E-state index in [4.69, 9.17) is 18.0 Å². The average Bonchev–Trinajstić information content (AvgIpc) is 2.35. The van der Waals surface area contributed by atoms with E-state index in [-0.39, 0.29) is 11.9 Å². The van der Waals surface area contributed by atoms with E-state index < -0.39 is 0 Å². The first-order valence-electron chi connectivity index (χ1n) is 6.09. The fraction of sp³-hybridized carbons (Fsp3) is 0.462. The van der Waals surface area contributed by atoms with Crippen LogP contribution in [0, 0.1) is 12.7 Å². The molecule has 1 atom stereocenters. The normalized spacial score (nSPS) is 18.6. The van der Waals surface area contributed by atoms with Gasteiger partial charge in [-0.25, -0.2) is 4.39 Å². The molecule has 1 aromatic rings. The van der Waals surface area contributed by atoms with Crippen molar-refractivity contribution in [3.8, 4) is 0 Å². The highest BCUT2D eigenvalue weighted by Gasteiger charge is 2.24. The van der Waals surface area contributed by atoms with Gasteiger partial charge in [-0.15, -0.1) is 0 Å². The van der Waals surface area contributed by atoms with Gasteiger partial charge < -0.3 is 11.1 Å². The minimum absolute atomic E-state index is 0.0959. The molecule has 0 aromatic heterocycles. The zero-order valence-corrected chi connectivity index (χ0v) is 11.3.